The molecule has 1 heterocycles. The van der Waals surface area contributed by atoms with E-state index < -0.39 is 9.84 Å². The highest BCUT2D eigenvalue weighted by Gasteiger charge is 2.30. The summed E-state index contributed by atoms with van der Waals surface area (Å²) in [6.07, 6.45) is 1.66. The van der Waals surface area contributed by atoms with Crippen molar-refractivity contribution in [2.24, 2.45) is 0 Å². The van der Waals surface area contributed by atoms with Gasteiger partial charge in [0.15, 0.2) is 9.84 Å². The molecule has 1 aromatic carbocycles. The van der Waals surface area contributed by atoms with Gasteiger partial charge in [-0.05, 0) is 44.9 Å². The SMILES string of the molecule is Cc1cccc(C)c1OCCCN(C)C1CCS(=O)(=O)C1. The van der Waals surface area contributed by atoms with Gasteiger partial charge in [-0.2, -0.15) is 0 Å². The van der Waals surface area contributed by atoms with Gasteiger partial charge in [0.25, 0.3) is 0 Å². The molecule has 0 aliphatic carbocycles. The number of aryl methyl sites for hydroxylation is 2. The van der Waals surface area contributed by atoms with Crippen LogP contribution in [0.3, 0.4) is 0 Å². The van der Waals surface area contributed by atoms with E-state index in [1.807, 2.05) is 13.1 Å². The molecule has 5 heteroatoms. The number of ether oxygens (including phenoxy) is 1. The van der Waals surface area contributed by atoms with E-state index >= 15 is 0 Å². The molecule has 4 nitrogen and oxygen atoms in total. The molecule has 1 fully saturated rings. The summed E-state index contributed by atoms with van der Waals surface area (Å²) < 4.78 is 28.8. The zero-order valence-electron chi connectivity index (χ0n) is 13.1. The molecule has 0 spiro atoms. The fraction of sp³-hybridized carbons (Fsp3) is 0.625. The van der Waals surface area contributed by atoms with Gasteiger partial charge in [-0.15, -0.1) is 0 Å². The Labute approximate surface area is 128 Å². The molecule has 21 heavy (non-hydrogen) atoms. The minimum atomic E-state index is -2.80. The van der Waals surface area contributed by atoms with Crippen molar-refractivity contribution in [2.75, 3.05) is 31.7 Å². The lowest BCUT2D eigenvalue weighted by Crippen LogP contribution is -2.34. The summed E-state index contributed by atoms with van der Waals surface area (Å²) in [5.74, 6) is 1.62. The van der Waals surface area contributed by atoms with E-state index in [0.717, 1.165) is 36.3 Å². The van der Waals surface area contributed by atoms with Gasteiger partial charge in [0.2, 0.25) is 0 Å². The van der Waals surface area contributed by atoms with E-state index in [2.05, 4.69) is 30.9 Å². The number of nitrogens with zero attached hydrogens (tertiary/aromatic N) is 1. The average Bonchev–Trinajstić information content (AvgIpc) is 2.77. The van der Waals surface area contributed by atoms with Crippen LogP contribution in [0.15, 0.2) is 18.2 Å². The van der Waals surface area contributed by atoms with Crippen molar-refractivity contribution < 1.29 is 13.2 Å². The first-order valence-corrected chi connectivity index (χ1v) is 9.31. The van der Waals surface area contributed by atoms with Crippen LogP contribution < -0.4 is 4.74 Å². The number of benzene rings is 1. The third-order valence-corrected chi connectivity index (χ3v) is 5.89. The quantitative estimate of drug-likeness (QED) is 0.756. The fourth-order valence-corrected chi connectivity index (χ4v) is 4.63. The zero-order valence-corrected chi connectivity index (χ0v) is 13.9. The molecule has 0 radical (unpaired) electrons. The van der Waals surface area contributed by atoms with Gasteiger partial charge in [-0.25, -0.2) is 8.42 Å². The van der Waals surface area contributed by atoms with Crippen LogP contribution in [0, 0.1) is 13.8 Å². The topological polar surface area (TPSA) is 46.6 Å². The molecule has 1 saturated heterocycles. The van der Waals surface area contributed by atoms with Crippen LogP contribution in [-0.4, -0.2) is 51.1 Å². The second-order valence-corrected chi connectivity index (χ2v) is 8.19. The van der Waals surface area contributed by atoms with Gasteiger partial charge >= 0.3 is 0 Å². The Morgan fingerprint density at radius 1 is 1.29 bits per heavy atom. The lowest BCUT2D eigenvalue weighted by Gasteiger charge is -2.23. The van der Waals surface area contributed by atoms with Crippen LogP contribution in [0.1, 0.15) is 24.0 Å². The Kier molecular flexibility index (Phi) is 5.27. The third-order valence-electron chi connectivity index (χ3n) is 4.14. The van der Waals surface area contributed by atoms with Crippen LogP contribution in [0.25, 0.3) is 0 Å². The van der Waals surface area contributed by atoms with Crippen LogP contribution in [-0.2, 0) is 9.84 Å². The number of rotatable bonds is 6. The Hall–Kier alpha value is -1.07. The number of para-hydroxylation sites is 1. The number of hydrogen-bond donors (Lipinski definition) is 0. The molecule has 0 N–H and O–H groups in total. The summed E-state index contributed by atoms with van der Waals surface area (Å²) >= 11 is 0. The molecule has 1 aliphatic heterocycles. The molecular formula is C16H25NO3S. The summed E-state index contributed by atoms with van der Waals surface area (Å²) in [6, 6.07) is 6.32. The first kappa shape index (κ1) is 16.3. The Morgan fingerprint density at radius 3 is 2.52 bits per heavy atom. The van der Waals surface area contributed by atoms with Gasteiger partial charge < -0.3 is 9.64 Å². The van der Waals surface area contributed by atoms with Gasteiger partial charge in [0.1, 0.15) is 5.75 Å². The molecule has 0 amide bonds. The van der Waals surface area contributed by atoms with Gasteiger partial charge in [-0.3, -0.25) is 0 Å². The smallest absolute Gasteiger partial charge is 0.151 e. The van der Waals surface area contributed by atoms with Crippen LogP contribution in [0.4, 0.5) is 0 Å². The average molecular weight is 311 g/mol. The molecule has 0 bridgehead atoms. The second kappa shape index (κ2) is 6.79. The van der Waals surface area contributed by atoms with Crippen molar-refractivity contribution in [3.8, 4) is 5.75 Å². The number of sulfone groups is 1. The zero-order chi connectivity index (χ0) is 15.5. The van der Waals surface area contributed by atoms with Crippen molar-refractivity contribution in [2.45, 2.75) is 32.7 Å². The monoisotopic (exact) mass is 311 g/mol. The molecule has 1 atom stereocenters. The lowest BCUT2D eigenvalue weighted by molar-refractivity contribution is 0.226. The maximum absolute atomic E-state index is 11.5. The molecule has 0 aromatic heterocycles. The summed E-state index contributed by atoms with van der Waals surface area (Å²) in [7, 11) is -0.794. The Bertz CT molecular complexity index is 563. The van der Waals surface area contributed by atoms with Crippen LogP contribution in [0.5, 0.6) is 5.75 Å². The molecule has 0 saturated carbocycles. The van der Waals surface area contributed by atoms with Gasteiger partial charge in [0.05, 0.1) is 18.1 Å². The Balaban J connectivity index is 1.75. The predicted molar refractivity (Wildman–Crippen MR) is 85.7 cm³/mol. The predicted octanol–water partition coefficient (Wildman–Crippen LogP) is 2.19. The first-order valence-electron chi connectivity index (χ1n) is 7.49. The fourth-order valence-electron chi connectivity index (χ4n) is 2.82. The molecule has 1 unspecified atom stereocenters. The molecule has 1 aromatic rings. The maximum Gasteiger partial charge on any atom is 0.151 e. The highest BCUT2D eigenvalue weighted by atomic mass is 32.2. The molecular weight excluding hydrogens is 286 g/mol. The van der Waals surface area contributed by atoms with Crippen molar-refractivity contribution in [3.05, 3.63) is 29.3 Å². The van der Waals surface area contributed by atoms with E-state index in [4.69, 9.17) is 4.74 Å². The normalized spacial score (nSPS) is 20.9. The molecule has 1 aliphatic rings. The van der Waals surface area contributed by atoms with Crippen molar-refractivity contribution in [3.63, 3.8) is 0 Å². The van der Waals surface area contributed by atoms with E-state index in [0.29, 0.717) is 18.1 Å². The molecule has 118 valence electrons. The van der Waals surface area contributed by atoms with Crippen molar-refractivity contribution >= 4 is 9.84 Å². The second-order valence-electron chi connectivity index (χ2n) is 5.96. The third kappa shape index (κ3) is 4.45. The standard InChI is InChI=1S/C16H25NO3S/c1-13-6-4-7-14(2)16(13)20-10-5-9-17(3)15-8-11-21(18,19)12-15/h4,6-7,15H,5,8-12H2,1-3H3. The van der Waals surface area contributed by atoms with Gasteiger partial charge in [-0.1, -0.05) is 18.2 Å². The van der Waals surface area contributed by atoms with E-state index in [9.17, 15) is 8.42 Å². The summed E-state index contributed by atoms with van der Waals surface area (Å²) in [5, 5.41) is 0. The highest BCUT2D eigenvalue weighted by molar-refractivity contribution is 7.91. The minimum absolute atomic E-state index is 0.176. The van der Waals surface area contributed by atoms with E-state index in [1.165, 1.54) is 0 Å². The van der Waals surface area contributed by atoms with E-state index in [-0.39, 0.29) is 6.04 Å². The molecule has 2 rings (SSSR count). The summed E-state index contributed by atoms with van der Waals surface area (Å²) in [5.41, 5.74) is 2.32. The van der Waals surface area contributed by atoms with Gasteiger partial charge in [0, 0.05) is 12.6 Å². The van der Waals surface area contributed by atoms with Crippen LogP contribution >= 0.6 is 0 Å². The lowest BCUT2D eigenvalue weighted by atomic mass is 10.1. The minimum Gasteiger partial charge on any atom is -0.493 e. The first-order chi connectivity index (χ1) is 9.89. The summed E-state index contributed by atoms with van der Waals surface area (Å²) in [6.45, 7) is 5.64. The van der Waals surface area contributed by atoms with Crippen LogP contribution in [0.2, 0.25) is 0 Å². The highest BCUT2D eigenvalue weighted by Crippen LogP contribution is 2.22. The van der Waals surface area contributed by atoms with Crippen molar-refractivity contribution in [1.29, 1.82) is 0 Å². The summed E-state index contributed by atoms with van der Waals surface area (Å²) in [4.78, 5) is 2.15. The maximum atomic E-state index is 11.5. The van der Waals surface area contributed by atoms with Crippen molar-refractivity contribution in [1.82, 2.24) is 4.90 Å². The largest absolute Gasteiger partial charge is 0.493 e. The van der Waals surface area contributed by atoms with E-state index in [1.54, 1.807) is 0 Å². The number of hydrogen-bond acceptors (Lipinski definition) is 4. The Morgan fingerprint density at radius 2 is 1.95 bits per heavy atom.